The van der Waals surface area contributed by atoms with Gasteiger partial charge in [-0.15, -0.1) is 0 Å². The van der Waals surface area contributed by atoms with Crippen molar-refractivity contribution in [3.8, 4) is 0 Å². The first kappa shape index (κ1) is 15.8. The van der Waals surface area contributed by atoms with Crippen LogP contribution in [0.15, 0.2) is 6.20 Å². The smallest absolute Gasteiger partial charge is 0.436 e. The third kappa shape index (κ3) is 3.75. The Balaban J connectivity index is 2.09. The zero-order chi connectivity index (χ0) is 15.6. The van der Waals surface area contributed by atoms with Crippen molar-refractivity contribution in [3.05, 3.63) is 17.5 Å². The van der Waals surface area contributed by atoms with Gasteiger partial charge in [0.25, 0.3) is 0 Å². The van der Waals surface area contributed by atoms with Crippen LogP contribution in [0.4, 0.5) is 13.2 Å². The lowest BCUT2D eigenvalue weighted by molar-refractivity contribution is -0.142. The van der Waals surface area contributed by atoms with Crippen molar-refractivity contribution < 1.29 is 27.4 Å². The highest BCUT2D eigenvalue weighted by atomic mass is 19.4. The van der Waals surface area contributed by atoms with E-state index in [1.54, 1.807) is 6.92 Å². The van der Waals surface area contributed by atoms with Crippen molar-refractivity contribution >= 4 is 5.97 Å². The molecule has 118 valence electrons. The van der Waals surface area contributed by atoms with Crippen LogP contribution in [-0.2, 0) is 22.7 Å². The van der Waals surface area contributed by atoms with Crippen LogP contribution in [0.1, 0.15) is 35.8 Å². The first-order chi connectivity index (χ1) is 9.79. The fraction of sp³-hybridized carbons (Fsp3) is 0.692. The van der Waals surface area contributed by atoms with Gasteiger partial charge in [0.05, 0.1) is 0 Å². The normalized spacial score (nSPS) is 18.5. The number of esters is 1. The van der Waals surface area contributed by atoms with Crippen LogP contribution in [0.2, 0.25) is 0 Å². The average Bonchev–Trinajstić information content (AvgIpc) is 2.82. The summed E-state index contributed by atoms with van der Waals surface area (Å²) in [4.78, 5) is 12.0. The SMILES string of the molecule is C[C@H](OC(=O)c1cn(C)nc1C(F)(F)F)C1CCOCC1. The van der Waals surface area contributed by atoms with Crippen LogP contribution in [0, 0.1) is 5.92 Å². The van der Waals surface area contributed by atoms with Gasteiger partial charge in [-0.05, 0) is 19.8 Å². The molecule has 1 saturated heterocycles. The van der Waals surface area contributed by atoms with Crippen molar-refractivity contribution in [2.75, 3.05) is 13.2 Å². The maximum absolute atomic E-state index is 12.8. The summed E-state index contributed by atoms with van der Waals surface area (Å²) >= 11 is 0. The molecule has 2 heterocycles. The molecule has 1 fully saturated rings. The van der Waals surface area contributed by atoms with Gasteiger partial charge in [0.2, 0.25) is 0 Å². The molecule has 0 saturated carbocycles. The van der Waals surface area contributed by atoms with E-state index in [1.165, 1.54) is 7.05 Å². The van der Waals surface area contributed by atoms with Gasteiger partial charge in [0.1, 0.15) is 11.7 Å². The van der Waals surface area contributed by atoms with Gasteiger partial charge >= 0.3 is 12.1 Å². The monoisotopic (exact) mass is 306 g/mol. The lowest BCUT2D eigenvalue weighted by atomic mass is 9.95. The summed E-state index contributed by atoms with van der Waals surface area (Å²) in [5, 5.41) is 3.29. The zero-order valence-corrected chi connectivity index (χ0v) is 11.8. The fourth-order valence-electron chi connectivity index (χ4n) is 2.36. The first-order valence-electron chi connectivity index (χ1n) is 6.68. The summed E-state index contributed by atoms with van der Waals surface area (Å²) in [6.07, 6.45) is -2.65. The Labute approximate surface area is 120 Å². The van der Waals surface area contributed by atoms with E-state index in [0.29, 0.717) is 13.2 Å². The Bertz CT molecular complexity index is 507. The summed E-state index contributed by atoms with van der Waals surface area (Å²) in [7, 11) is 1.33. The minimum absolute atomic E-state index is 0.105. The van der Waals surface area contributed by atoms with E-state index < -0.39 is 29.5 Å². The molecule has 0 aliphatic carbocycles. The highest BCUT2D eigenvalue weighted by Gasteiger charge is 2.40. The largest absolute Gasteiger partial charge is 0.459 e. The minimum Gasteiger partial charge on any atom is -0.459 e. The Morgan fingerprint density at radius 3 is 2.67 bits per heavy atom. The molecule has 1 aliphatic rings. The molecule has 0 amide bonds. The van der Waals surface area contributed by atoms with E-state index in [1.807, 2.05) is 0 Å². The van der Waals surface area contributed by atoms with E-state index in [0.717, 1.165) is 23.7 Å². The van der Waals surface area contributed by atoms with Crippen molar-refractivity contribution in [1.29, 1.82) is 0 Å². The lowest BCUT2D eigenvalue weighted by Gasteiger charge is -2.27. The molecule has 8 heteroatoms. The number of carbonyl (C=O) groups excluding carboxylic acids is 1. The number of hydrogen-bond donors (Lipinski definition) is 0. The molecule has 0 unspecified atom stereocenters. The standard InChI is InChI=1S/C13H17F3N2O3/c1-8(9-3-5-20-6-4-9)21-12(19)10-7-18(2)17-11(10)13(14,15)16/h7-9H,3-6H2,1-2H3/t8-/m0/s1. The second-order valence-corrected chi connectivity index (χ2v) is 5.12. The average molecular weight is 306 g/mol. The van der Waals surface area contributed by atoms with Gasteiger partial charge in [-0.2, -0.15) is 18.3 Å². The van der Waals surface area contributed by atoms with Gasteiger partial charge in [-0.3, -0.25) is 4.68 Å². The number of ether oxygens (including phenoxy) is 2. The number of nitrogens with zero attached hydrogens (tertiary/aromatic N) is 2. The highest BCUT2D eigenvalue weighted by Crippen LogP contribution is 2.31. The maximum Gasteiger partial charge on any atom is 0.436 e. The number of alkyl halides is 3. The molecular formula is C13H17F3N2O3. The van der Waals surface area contributed by atoms with Crippen LogP contribution >= 0.6 is 0 Å². The number of hydrogen-bond acceptors (Lipinski definition) is 4. The fourth-order valence-corrected chi connectivity index (χ4v) is 2.36. The number of aryl methyl sites for hydroxylation is 1. The third-order valence-corrected chi connectivity index (χ3v) is 3.54. The first-order valence-corrected chi connectivity index (χ1v) is 6.68. The van der Waals surface area contributed by atoms with E-state index in [2.05, 4.69) is 5.10 Å². The maximum atomic E-state index is 12.8. The predicted octanol–water partition coefficient (Wildman–Crippen LogP) is 2.41. The molecule has 0 spiro atoms. The number of halogens is 3. The molecule has 1 aliphatic heterocycles. The van der Waals surface area contributed by atoms with Crippen molar-refractivity contribution in [3.63, 3.8) is 0 Å². The molecule has 0 radical (unpaired) electrons. The van der Waals surface area contributed by atoms with Crippen molar-refractivity contribution in [2.24, 2.45) is 13.0 Å². The number of carbonyl (C=O) groups is 1. The van der Waals surface area contributed by atoms with E-state index in [9.17, 15) is 18.0 Å². The molecule has 0 bridgehead atoms. The summed E-state index contributed by atoms with van der Waals surface area (Å²) in [6, 6.07) is 0. The highest BCUT2D eigenvalue weighted by molar-refractivity contribution is 5.90. The Kier molecular flexibility index (Phi) is 4.55. The van der Waals surface area contributed by atoms with E-state index in [4.69, 9.17) is 9.47 Å². The molecule has 1 aromatic heterocycles. The lowest BCUT2D eigenvalue weighted by Crippen LogP contribution is -2.29. The molecule has 0 aromatic carbocycles. The summed E-state index contributed by atoms with van der Waals surface area (Å²) in [6.45, 7) is 2.85. The van der Waals surface area contributed by atoms with Crippen LogP contribution < -0.4 is 0 Å². The van der Waals surface area contributed by atoms with Gasteiger partial charge in [-0.1, -0.05) is 0 Å². The summed E-state index contributed by atoms with van der Waals surface area (Å²) < 4.78 is 49.8. The van der Waals surface area contributed by atoms with Gasteiger partial charge in [-0.25, -0.2) is 4.79 Å². The number of aromatic nitrogens is 2. The van der Waals surface area contributed by atoms with Crippen LogP contribution in [0.25, 0.3) is 0 Å². The molecule has 2 rings (SSSR count). The predicted molar refractivity (Wildman–Crippen MR) is 66.6 cm³/mol. The number of rotatable bonds is 3. The third-order valence-electron chi connectivity index (χ3n) is 3.54. The second kappa shape index (κ2) is 6.05. The topological polar surface area (TPSA) is 53.4 Å². The molecule has 1 aromatic rings. The van der Waals surface area contributed by atoms with E-state index in [-0.39, 0.29) is 5.92 Å². The Morgan fingerprint density at radius 1 is 1.48 bits per heavy atom. The van der Waals surface area contributed by atoms with Crippen LogP contribution in [-0.4, -0.2) is 35.1 Å². The van der Waals surface area contributed by atoms with Gasteiger partial charge in [0.15, 0.2) is 5.69 Å². The molecule has 1 atom stereocenters. The van der Waals surface area contributed by atoms with Crippen LogP contribution in [0.3, 0.4) is 0 Å². The summed E-state index contributed by atoms with van der Waals surface area (Å²) in [5.41, 5.74) is -1.77. The second-order valence-electron chi connectivity index (χ2n) is 5.12. The zero-order valence-electron chi connectivity index (χ0n) is 11.8. The van der Waals surface area contributed by atoms with Crippen LogP contribution in [0.5, 0.6) is 0 Å². The molecular weight excluding hydrogens is 289 g/mol. The van der Waals surface area contributed by atoms with Gasteiger partial charge < -0.3 is 9.47 Å². The quantitative estimate of drug-likeness (QED) is 0.805. The Hall–Kier alpha value is -1.57. The summed E-state index contributed by atoms with van der Waals surface area (Å²) in [5.74, 6) is -0.886. The van der Waals surface area contributed by atoms with Crippen molar-refractivity contribution in [1.82, 2.24) is 9.78 Å². The molecule has 21 heavy (non-hydrogen) atoms. The minimum atomic E-state index is -4.68. The molecule has 5 nitrogen and oxygen atoms in total. The van der Waals surface area contributed by atoms with E-state index >= 15 is 0 Å². The Morgan fingerprint density at radius 2 is 2.10 bits per heavy atom. The van der Waals surface area contributed by atoms with Gasteiger partial charge in [0, 0.05) is 32.4 Å². The van der Waals surface area contributed by atoms with Crippen molar-refractivity contribution in [2.45, 2.75) is 32.0 Å². The molecule has 0 N–H and O–H groups in total.